The zero-order chi connectivity index (χ0) is 28.2. The van der Waals surface area contributed by atoms with E-state index in [-0.39, 0.29) is 30.1 Å². The summed E-state index contributed by atoms with van der Waals surface area (Å²) in [5.74, 6) is -0.103. The molecule has 0 amide bonds. The van der Waals surface area contributed by atoms with Gasteiger partial charge in [0.05, 0.1) is 51.1 Å². The molecule has 1 saturated carbocycles. The number of carbonyl (C=O) groups excluding carboxylic acids is 2. The Morgan fingerprint density at radius 2 is 1.80 bits per heavy atom. The number of hydrogen-bond acceptors (Lipinski definition) is 9. The first-order chi connectivity index (χ1) is 19.4. The molecule has 3 aliphatic heterocycles. The number of benzene rings is 2. The van der Waals surface area contributed by atoms with Crippen molar-refractivity contribution in [1.29, 1.82) is 0 Å². The fraction of sp³-hybridized carbons (Fsp3) is 0.452. The molecule has 4 aliphatic rings. The summed E-state index contributed by atoms with van der Waals surface area (Å²) in [7, 11) is 5.89. The van der Waals surface area contributed by atoms with Crippen LogP contribution in [0.1, 0.15) is 35.7 Å². The van der Waals surface area contributed by atoms with Crippen LogP contribution < -0.4 is 14.2 Å². The van der Waals surface area contributed by atoms with E-state index in [1.165, 1.54) is 28.4 Å². The lowest BCUT2D eigenvalue weighted by atomic mass is 9.43. The number of piperidine rings is 2. The van der Waals surface area contributed by atoms with Gasteiger partial charge in [-0.05, 0) is 43.5 Å². The predicted molar refractivity (Wildman–Crippen MR) is 148 cm³/mol. The lowest BCUT2D eigenvalue weighted by Gasteiger charge is -2.64. The van der Waals surface area contributed by atoms with Crippen LogP contribution in [0.2, 0.25) is 0 Å². The van der Waals surface area contributed by atoms with E-state index in [2.05, 4.69) is 17.0 Å². The summed E-state index contributed by atoms with van der Waals surface area (Å²) in [6.45, 7) is 3.41. The van der Waals surface area contributed by atoms with Crippen molar-refractivity contribution in [3.05, 3.63) is 59.2 Å². The van der Waals surface area contributed by atoms with E-state index in [1.54, 1.807) is 12.1 Å². The van der Waals surface area contributed by atoms with Crippen LogP contribution in [-0.2, 0) is 19.7 Å². The first-order valence-corrected chi connectivity index (χ1v) is 13.5. The van der Waals surface area contributed by atoms with Crippen LogP contribution in [-0.4, -0.2) is 76.7 Å². The Labute approximate surface area is 233 Å². The van der Waals surface area contributed by atoms with Crippen LogP contribution in [0.4, 0.5) is 5.69 Å². The van der Waals surface area contributed by atoms with Gasteiger partial charge in [0, 0.05) is 24.7 Å². The Kier molecular flexibility index (Phi) is 6.37. The van der Waals surface area contributed by atoms with Gasteiger partial charge in [-0.15, -0.1) is 0 Å². The molecular formula is C31H34N2O7. The summed E-state index contributed by atoms with van der Waals surface area (Å²) in [4.78, 5) is 35.5. The van der Waals surface area contributed by atoms with Crippen molar-refractivity contribution in [3.8, 4) is 17.2 Å². The maximum Gasteiger partial charge on any atom is 0.338 e. The average molecular weight is 547 g/mol. The van der Waals surface area contributed by atoms with E-state index < -0.39 is 16.8 Å². The molecule has 0 spiro atoms. The number of methoxy groups -OCH3 is 4. The van der Waals surface area contributed by atoms with Gasteiger partial charge in [0.1, 0.15) is 12.0 Å². The van der Waals surface area contributed by atoms with E-state index in [4.69, 9.17) is 28.7 Å². The number of carbonyl (C=O) groups is 2. The van der Waals surface area contributed by atoms with Crippen LogP contribution in [0.15, 0.2) is 53.0 Å². The lowest BCUT2D eigenvalue weighted by Crippen LogP contribution is -2.75. The van der Waals surface area contributed by atoms with Crippen molar-refractivity contribution in [2.45, 2.75) is 31.2 Å². The van der Waals surface area contributed by atoms with Gasteiger partial charge in [0.2, 0.25) is 5.75 Å². The maximum absolute atomic E-state index is 14.3. The zero-order valence-electron chi connectivity index (χ0n) is 23.5. The number of hydrogen-bond donors (Lipinski definition) is 0. The Bertz CT molecular complexity index is 1420. The molecule has 0 N–H and O–H groups in total. The van der Waals surface area contributed by atoms with E-state index in [1.807, 2.05) is 25.1 Å². The molecule has 2 saturated heterocycles. The van der Waals surface area contributed by atoms with Gasteiger partial charge in [-0.25, -0.2) is 4.79 Å². The Morgan fingerprint density at radius 1 is 1.07 bits per heavy atom. The molecule has 0 radical (unpaired) electrons. The first kappa shape index (κ1) is 26.4. The van der Waals surface area contributed by atoms with Crippen LogP contribution in [0.5, 0.6) is 17.2 Å². The molecule has 9 nitrogen and oxygen atoms in total. The topological polar surface area (TPSA) is 95.9 Å². The second kappa shape index (κ2) is 9.66. The quantitative estimate of drug-likeness (QED) is 0.378. The summed E-state index contributed by atoms with van der Waals surface area (Å²) in [5, 5.41) is 0. The molecule has 9 heteroatoms. The smallest absolute Gasteiger partial charge is 0.338 e. The zero-order valence-corrected chi connectivity index (χ0v) is 23.5. The highest BCUT2D eigenvalue weighted by atomic mass is 16.6. The van der Waals surface area contributed by atoms with Gasteiger partial charge < -0.3 is 23.7 Å². The van der Waals surface area contributed by atoms with Gasteiger partial charge in [-0.1, -0.05) is 29.8 Å². The van der Waals surface area contributed by atoms with Crippen molar-refractivity contribution in [2.75, 3.05) is 48.1 Å². The van der Waals surface area contributed by atoms with E-state index >= 15 is 0 Å². The molecule has 0 aromatic heterocycles. The lowest BCUT2D eigenvalue weighted by molar-refractivity contribution is -0.170. The Morgan fingerprint density at radius 3 is 2.45 bits per heavy atom. The number of esters is 2. The van der Waals surface area contributed by atoms with E-state index in [9.17, 15) is 9.59 Å². The number of nitrogens with zero attached hydrogens (tertiary/aromatic N) is 2. The molecule has 3 bridgehead atoms. The van der Waals surface area contributed by atoms with Crippen molar-refractivity contribution in [2.24, 2.45) is 16.3 Å². The van der Waals surface area contributed by atoms with Gasteiger partial charge in [-0.2, -0.15) is 0 Å². The van der Waals surface area contributed by atoms with E-state index in [0.717, 1.165) is 35.6 Å². The van der Waals surface area contributed by atoms with Crippen molar-refractivity contribution >= 4 is 23.3 Å². The summed E-state index contributed by atoms with van der Waals surface area (Å²) in [6.07, 6.45) is 3.50. The SMILES string of the molecule is CC=C1CN2CC[C@]34C(=Nc5ccccc53)[C@@H]2C[C@@H]1[C@@]4(COC(=O)c1cc(OC)c(OC)c(OC)c1)C(=O)OC. The second-order valence-corrected chi connectivity index (χ2v) is 10.8. The molecule has 40 heavy (non-hydrogen) atoms. The first-order valence-electron chi connectivity index (χ1n) is 13.5. The van der Waals surface area contributed by atoms with Crippen molar-refractivity contribution in [1.82, 2.24) is 4.90 Å². The van der Waals surface area contributed by atoms with E-state index in [0.29, 0.717) is 30.1 Å². The molecule has 210 valence electrons. The number of ether oxygens (including phenoxy) is 5. The Balaban J connectivity index is 1.49. The number of allylic oxidation sites excluding steroid dienone is 1. The minimum Gasteiger partial charge on any atom is -0.493 e. The highest BCUT2D eigenvalue weighted by molar-refractivity contribution is 6.11. The monoisotopic (exact) mass is 546 g/mol. The normalized spacial score (nSPS) is 28.8. The molecule has 3 heterocycles. The average Bonchev–Trinajstić information content (AvgIpc) is 3.36. The maximum atomic E-state index is 14.3. The molecule has 1 aliphatic carbocycles. The third kappa shape index (κ3) is 3.33. The van der Waals surface area contributed by atoms with Crippen molar-refractivity contribution < 1.29 is 33.3 Å². The van der Waals surface area contributed by atoms with Gasteiger partial charge >= 0.3 is 11.9 Å². The van der Waals surface area contributed by atoms with Crippen molar-refractivity contribution in [3.63, 3.8) is 0 Å². The van der Waals surface area contributed by atoms with Crippen LogP contribution in [0.25, 0.3) is 0 Å². The highest BCUT2D eigenvalue weighted by Crippen LogP contribution is 2.66. The van der Waals surface area contributed by atoms with Crippen LogP contribution in [0.3, 0.4) is 0 Å². The molecular weight excluding hydrogens is 512 g/mol. The van der Waals surface area contributed by atoms with Gasteiger partial charge in [0.15, 0.2) is 11.5 Å². The number of para-hydroxylation sites is 1. The summed E-state index contributed by atoms with van der Waals surface area (Å²) in [6, 6.07) is 11.3. The molecule has 2 aromatic rings. The third-order valence-electron chi connectivity index (χ3n) is 9.47. The summed E-state index contributed by atoms with van der Waals surface area (Å²) in [5.41, 5.74) is 2.32. The minimum absolute atomic E-state index is 0.124. The fourth-order valence-electron chi connectivity index (χ4n) is 7.77. The number of fused-ring (bicyclic) bond motifs is 2. The molecule has 2 aromatic carbocycles. The van der Waals surface area contributed by atoms with Crippen LogP contribution in [0, 0.1) is 11.3 Å². The summed E-state index contributed by atoms with van der Waals surface area (Å²) < 4.78 is 28.0. The minimum atomic E-state index is -1.19. The molecule has 6 rings (SSSR count). The third-order valence-corrected chi connectivity index (χ3v) is 9.47. The van der Waals surface area contributed by atoms with Gasteiger partial charge in [-0.3, -0.25) is 14.7 Å². The largest absolute Gasteiger partial charge is 0.493 e. The fourth-order valence-corrected chi connectivity index (χ4v) is 7.77. The predicted octanol–water partition coefficient (Wildman–Crippen LogP) is 4.11. The standard InChI is InChI=1S/C31H34N2O7/c1-6-18-16-33-12-11-30-20-9-7-8-10-22(20)32-27(30)23(33)15-21(18)31(30,29(35)39-5)17-40-28(34)19-13-24(36-2)26(38-4)25(14-19)37-3/h6-10,13-14,21,23H,11-12,15-17H2,1-5H3/t21-,23-,30+,31-/m0/s1. The Hall–Kier alpha value is -3.85. The molecule has 4 atom stereocenters. The highest BCUT2D eigenvalue weighted by Gasteiger charge is 2.74. The van der Waals surface area contributed by atoms with Gasteiger partial charge in [0.25, 0.3) is 0 Å². The number of rotatable bonds is 7. The summed E-state index contributed by atoms with van der Waals surface area (Å²) >= 11 is 0. The molecule has 0 unspecified atom stereocenters. The second-order valence-electron chi connectivity index (χ2n) is 10.8. The van der Waals surface area contributed by atoms with Crippen LogP contribution >= 0.6 is 0 Å². The molecule has 3 fully saturated rings. The number of aliphatic imine (C=N–C) groups is 1.